The molecule has 0 radical (unpaired) electrons. The summed E-state index contributed by atoms with van der Waals surface area (Å²) in [5.41, 5.74) is -0.674. The van der Waals surface area contributed by atoms with Gasteiger partial charge in [-0.2, -0.15) is 0 Å². The molecule has 2 amide bonds. The maximum Gasteiger partial charge on any atom is 1.00 e. The number of carbonyl (C=O) groups is 5. The first-order valence-electron chi connectivity index (χ1n) is 8.31. The largest absolute Gasteiger partial charge is 1.00 e. The summed E-state index contributed by atoms with van der Waals surface area (Å²) < 4.78 is 4.53. The van der Waals surface area contributed by atoms with Gasteiger partial charge in [0, 0.05) is 5.75 Å². The van der Waals surface area contributed by atoms with Crippen LogP contribution in [-0.4, -0.2) is 58.9 Å². The van der Waals surface area contributed by atoms with Crippen LogP contribution in [0.2, 0.25) is 0 Å². The van der Waals surface area contributed by atoms with E-state index in [1.807, 2.05) is 0 Å². The fourth-order valence-electron chi connectivity index (χ4n) is 3.16. The summed E-state index contributed by atoms with van der Waals surface area (Å²) in [4.78, 5) is 60.6. The Bertz CT molecular complexity index is 940. The summed E-state index contributed by atoms with van der Waals surface area (Å²) in [6.45, 7) is 0. The van der Waals surface area contributed by atoms with Crippen molar-refractivity contribution < 1.29 is 98.0 Å². The summed E-state index contributed by atoms with van der Waals surface area (Å²) in [5.74, 6) is -7.78. The molecule has 0 bridgehead atoms. The fourth-order valence-corrected chi connectivity index (χ4v) is 4.49. The first kappa shape index (κ1) is 27.7. The van der Waals surface area contributed by atoms with Gasteiger partial charge in [0.1, 0.15) is 17.3 Å². The number of carboxylic acid groups (broad SMARTS) is 2. The molecule has 2 heterocycles. The predicted octanol–water partition coefficient (Wildman–Crippen LogP) is -8.90. The second-order valence-corrected chi connectivity index (χ2v) is 7.27. The Hall–Kier alpha value is -1.34. The predicted molar refractivity (Wildman–Crippen MR) is 93.3 cm³/mol. The number of hydrogen-bond acceptors (Lipinski definition) is 9. The summed E-state index contributed by atoms with van der Waals surface area (Å²) in [7, 11) is 1.07. The molecule has 1 fully saturated rings. The number of nitrogens with zero attached hydrogens (tertiary/aromatic N) is 1. The summed E-state index contributed by atoms with van der Waals surface area (Å²) in [6, 6.07) is 6.46. The number of thioether (sulfide) groups is 1. The third kappa shape index (κ3) is 5.36. The number of fused-ring (bicyclic) bond motifs is 1. The van der Waals surface area contributed by atoms with Crippen LogP contribution in [0.3, 0.4) is 0 Å². The maximum atomic E-state index is 12.5. The Kier molecular flexibility index (Phi) is 10.3. The Balaban J connectivity index is 0.00000240. The zero-order valence-electron chi connectivity index (χ0n) is 16.9. The van der Waals surface area contributed by atoms with Gasteiger partial charge in [-0.25, -0.2) is 4.79 Å². The molecule has 2 aliphatic heterocycles. The third-order valence-electron chi connectivity index (χ3n) is 4.52. The number of ether oxygens (including phenoxy) is 1. The maximum absolute atomic E-state index is 12.5. The molecule has 0 spiro atoms. The molecule has 31 heavy (non-hydrogen) atoms. The van der Waals surface area contributed by atoms with Crippen LogP contribution in [-0.2, 0) is 28.7 Å². The summed E-state index contributed by atoms with van der Waals surface area (Å²) in [5, 5.41) is 24.5. The number of benzene rings is 1. The minimum absolute atomic E-state index is 0. The van der Waals surface area contributed by atoms with E-state index < -0.39 is 52.8 Å². The molecule has 10 nitrogen and oxygen atoms in total. The topological polar surface area (TPSA) is 156 Å². The second kappa shape index (κ2) is 11.5. The van der Waals surface area contributed by atoms with Crippen molar-refractivity contribution in [1.29, 1.82) is 0 Å². The number of esters is 1. The number of carboxylic acids is 2. The van der Waals surface area contributed by atoms with E-state index >= 15 is 0 Å². The van der Waals surface area contributed by atoms with Gasteiger partial charge >= 0.3 is 65.1 Å². The van der Waals surface area contributed by atoms with Crippen LogP contribution >= 0.6 is 11.8 Å². The van der Waals surface area contributed by atoms with Gasteiger partial charge < -0.3 is 29.9 Å². The Labute approximate surface area is 225 Å². The fraction of sp³-hybridized carbons (Fsp3) is 0.278. The molecule has 0 aliphatic carbocycles. The molecule has 1 aromatic carbocycles. The van der Waals surface area contributed by atoms with Gasteiger partial charge in [-0.15, -0.1) is 11.8 Å². The minimum atomic E-state index is -1.73. The summed E-state index contributed by atoms with van der Waals surface area (Å²) in [6.07, 6.45) is 0. The quantitative estimate of drug-likeness (QED) is 0.187. The van der Waals surface area contributed by atoms with Crippen molar-refractivity contribution >= 4 is 41.5 Å². The first-order chi connectivity index (χ1) is 13.8. The second-order valence-electron chi connectivity index (χ2n) is 6.16. The van der Waals surface area contributed by atoms with E-state index in [2.05, 4.69) is 10.1 Å². The van der Waals surface area contributed by atoms with Crippen molar-refractivity contribution in [3.05, 3.63) is 47.2 Å². The van der Waals surface area contributed by atoms with Crippen molar-refractivity contribution in [3.63, 3.8) is 0 Å². The van der Waals surface area contributed by atoms with Gasteiger partial charge in [-0.3, -0.25) is 14.5 Å². The van der Waals surface area contributed by atoms with Gasteiger partial charge in [0.05, 0.1) is 30.3 Å². The van der Waals surface area contributed by atoms with Crippen LogP contribution in [0.15, 0.2) is 41.6 Å². The monoisotopic (exact) mass is 464 g/mol. The van der Waals surface area contributed by atoms with E-state index in [-0.39, 0.29) is 76.0 Å². The minimum Gasteiger partial charge on any atom is -0.549 e. The number of nitrogens with one attached hydrogen (secondary N) is 1. The average Bonchev–Trinajstić information content (AvgIpc) is 2.70. The molecule has 2 aliphatic rings. The molecule has 1 N–H and O–H groups in total. The number of rotatable bonds is 6. The van der Waals surface area contributed by atoms with Gasteiger partial charge in [0.15, 0.2) is 0 Å². The van der Waals surface area contributed by atoms with Crippen molar-refractivity contribution in [2.45, 2.75) is 17.3 Å². The number of aliphatic carboxylic acids is 2. The molecule has 0 saturated carbocycles. The molecule has 1 saturated heterocycles. The number of carbonyl (C=O) groups excluding carboxylic acids is 5. The van der Waals surface area contributed by atoms with Gasteiger partial charge in [-0.1, -0.05) is 30.3 Å². The van der Waals surface area contributed by atoms with E-state index in [4.69, 9.17) is 0 Å². The van der Waals surface area contributed by atoms with Crippen LogP contribution in [0, 0.1) is 0 Å². The van der Waals surface area contributed by atoms with Gasteiger partial charge in [-0.05, 0) is 5.56 Å². The molecule has 3 atom stereocenters. The molecule has 1 aromatic rings. The average molecular weight is 464 g/mol. The molecule has 13 heteroatoms. The van der Waals surface area contributed by atoms with Crippen LogP contribution < -0.4 is 74.6 Å². The van der Waals surface area contributed by atoms with Gasteiger partial charge in [0.25, 0.3) is 5.91 Å². The first-order valence-corrected chi connectivity index (χ1v) is 9.36. The van der Waals surface area contributed by atoms with Crippen molar-refractivity contribution in [3.8, 4) is 0 Å². The Morgan fingerprint density at radius 2 is 1.77 bits per heavy atom. The van der Waals surface area contributed by atoms with E-state index in [1.54, 1.807) is 18.2 Å². The molecule has 152 valence electrons. The van der Waals surface area contributed by atoms with Crippen LogP contribution in [0.25, 0.3) is 0 Å². The molecule has 3 rings (SSSR count). The zero-order chi connectivity index (χ0) is 21.3. The molecular weight excluding hydrogens is 450 g/mol. The number of amides is 2. The number of hydrogen-bond donors (Lipinski definition) is 1. The Morgan fingerprint density at radius 3 is 2.29 bits per heavy atom. The zero-order valence-corrected chi connectivity index (χ0v) is 21.8. The normalized spacial score (nSPS) is 20.2. The molecular formula is C18H14N2Na2O8S. The standard InChI is InChI=1S/C18H16N2O8S.2Na/c1-28-18(27)9-7-29-15-11(14(22)20(15)12(9)17(25)26)19-13(21)10(16(23)24)8-5-3-2-4-6-8;;/h2-6,10-11,15H,7H2,1H3,(H,19,21)(H,23,24)(H,25,26);;/q;2*+1/p-2/t10?,11?,15-;;/m1../s1. The Morgan fingerprint density at radius 1 is 1.16 bits per heavy atom. The third-order valence-corrected chi connectivity index (χ3v) is 5.80. The molecule has 0 aromatic heterocycles. The van der Waals surface area contributed by atoms with E-state index in [0.717, 1.165) is 23.8 Å². The van der Waals surface area contributed by atoms with Crippen LogP contribution in [0.5, 0.6) is 0 Å². The number of methoxy groups -OCH3 is 1. The van der Waals surface area contributed by atoms with E-state index in [1.165, 1.54) is 12.1 Å². The SMILES string of the molecule is COC(=O)C1=C(C(=O)[O-])N2C(=O)C(NC(=O)C(C(=O)[O-])c3ccccc3)[C@H]2SC1.[Na+].[Na+]. The van der Waals surface area contributed by atoms with Gasteiger partial charge in [0.2, 0.25) is 5.91 Å². The van der Waals surface area contributed by atoms with E-state index in [0.29, 0.717) is 0 Å². The number of β-lactam (4-membered cyclic amide) rings is 1. The summed E-state index contributed by atoms with van der Waals surface area (Å²) >= 11 is 1.03. The van der Waals surface area contributed by atoms with Crippen molar-refractivity contribution in [1.82, 2.24) is 10.2 Å². The van der Waals surface area contributed by atoms with Crippen LogP contribution in [0.1, 0.15) is 11.5 Å². The smallest absolute Gasteiger partial charge is 0.549 e. The molecule has 2 unspecified atom stereocenters. The van der Waals surface area contributed by atoms with E-state index in [9.17, 15) is 34.2 Å². The van der Waals surface area contributed by atoms with Crippen molar-refractivity contribution in [2.24, 2.45) is 0 Å². The van der Waals surface area contributed by atoms with Crippen molar-refractivity contribution in [2.75, 3.05) is 12.9 Å². The van der Waals surface area contributed by atoms with Crippen LogP contribution in [0.4, 0.5) is 0 Å².